The van der Waals surface area contributed by atoms with Crippen LogP contribution < -0.4 is 20.8 Å². The second-order valence-electron chi connectivity index (χ2n) is 3.78. The Morgan fingerprint density at radius 2 is 2.17 bits per heavy atom. The van der Waals surface area contributed by atoms with Crippen molar-refractivity contribution in [2.24, 2.45) is 5.73 Å². The van der Waals surface area contributed by atoms with Gasteiger partial charge in [-0.1, -0.05) is 0 Å². The molecule has 2 rings (SSSR count). The summed E-state index contributed by atoms with van der Waals surface area (Å²) in [5, 5.41) is 0.714. The third-order valence-electron chi connectivity index (χ3n) is 2.52. The summed E-state index contributed by atoms with van der Waals surface area (Å²) in [5.74, 6) is 1.17. The molecule has 0 spiro atoms. The predicted octanol–water partition coefficient (Wildman–Crippen LogP) is 1.53. The van der Waals surface area contributed by atoms with E-state index in [1.807, 2.05) is 0 Å². The van der Waals surface area contributed by atoms with Gasteiger partial charge in [0.1, 0.15) is 17.1 Å². The second kappa shape index (κ2) is 5.55. The fourth-order valence-corrected chi connectivity index (χ4v) is 1.63. The Labute approximate surface area is 104 Å². The molecule has 96 valence electrons. The van der Waals surface area contributed by atoms with Gasteiger partial charge < -0.3 is 19.6 Å². The van der Waals surface area contributed by atoms with E-state index in [-0.39, 0.29) is 0 Å². The van der Waals surface area contributed by atoms with Gasteiger partial charge in [-0.2, -0.15) is 0 Å². The maximum atomic E-state index is 11.4. The van der Waals surface area contributed by atoms with Crippen LogP contribution in [0, 0.1) is 0 Å². The summed E-state index contributed by atoms with van der Waals surface area (Å²) < 4.78 is 15.8. The highest BCUT2D eigenvalue weighted by molar-refractivity contribution is 5.84. The highest BCUT2D eigenvalue weighted by Gasteiger charge is 2.08. The monoisotopic (exact) mass is 249 g/mol. The number of methoxy groups -OCH3 is 1. The van der Waals surface area contributed by atoms with E-state index in [9.17, 15) is 4.79 Å². The number of fused-ring (bicyclic) bond motifs is 1. The van der Waals surface area contributed by atoms with Gasteiger partial charge in [-0.25, -0.2) is 4.79 Å². The summed E-state index contributed by atoms with van der Waals surface area (Å²) in [4.78, 5) is 11.4. The molecule has 0 aliphatic heterocycles. The number of benzene rings is 1. The molecule has 0 aliphatic carbocycles. The van der Waals surface area contributed by atoms with Crippen LogP contribution in [0.2, 0.25) is 0 Å². The highest BCUT2D eigenvalue weighted by Crippen LogP contribution is 2.27. The molecule has 0 unspecified atom stereocenters. The van der Waals surface area contributed by atoms with Crippen LogP contribution in [0.15, 0.2) is 33.5 Å². The van der Waals surface area contributed by atoms with Crippen LogP contribution in [0.5, 0.6) is 11.5 Å². The average Bonchev–Trinajstić information content (AvgIpc) is 2.38. The summed E-state index contributed by atoms with van der Waals surface area (Å²) >= 11 is 0. The van der Waals surface area contributed by atoms with Gasteiger partial charge in [0.05, 0.1) is 25.2 Å². The van der Waals surface area contributed by atoms with Crippen LogP contribution >= 0.6 is 0 Å². The third-order valence-corrected chi connectivity index (χ3v) is 2.52. The van der Waals surface area contributed by atoms with Crippen molar-refractivity contribution < 1.29 is 13.9 Å². The molecular weight excluding hydrogens is 234 g/mol. The average molecular weight is 249 g/mol. The lowest BCUT2D eigenvalue weighted by Crippen LogP contribution is -2.08. The van der Waals surface area contributed by atoms with Crippen LogP contribution in [0.1, 0.15) is 6.42 Å². The van der Waals surface area contributed by atoms with Gasteiger partial charge in [-0.05, 0) is 31.2 Å². The maximum Gasteiger partial charge on any atom is 0.339 e. The Morgan fingerprint density at radius 1 is 1.33 bits per heavy atom. The summed E-state index contributed by atoms with van der Waals surface area (Å²) in [6.45, 7) is 1.01. The number of rotatable bonds is 5. The van der Waals surface area contributed by atoms with Gasteiger partial charge in [0.15, 0.2) is 0 Å². The summed E-state index contributed by atoms with van der Waals surface area (Å²) in [6.07, 6.45) is 0.728. The van der Waals surface area contributed by atoms with E-state index < -0.39 is 5.63 Å². The van der Waals surface area contributed by atoms with Gasteiger partial charge in [-0.15, -0.1) is 0 Å². The molecule has 2 aromatic rings. The van der Waals surface area contributed by atoms with Crippen molar-refractivity contribution >= 4 is 11.0 Å². The van der Waals surface area contributed by atoms with E-state index in [0.29, 0.717) is 35.6 Å². The van der Waals surface area contributed by atoms with Crippen LogP contribution in [-0.2, 0) is 0 Å². The van der Waals surface area contributed by atoms with E-state index in [4.69, 9.17) is 19.6 Å². The zero-order valence-electron chi connectivity index (χ0n) is 10.1. The highest BCUT2D eigenvalue weighted by atomic mass is 16.5. The summed E-state index contributed by atoms with van der Waals surface area (Å²) in [5.41, 5.74) is 5.44. The predicted molar refractivity (Wildman–Crippen MR) is 68.2 cm³/mol. The normalized spacial score (nSPS) is 10.6. The van der Waals surface area contributed by atoms with Crippen LogP contribution in [0.4, 0.5) is 0 Å². The van der Waals surface area contributed by atoms with Crippen molar-refractivity contribution in [3.05, 3.63) is 34.7 Å². The largest absolute Gasteiger partial charge is 0.497 e. The smallest absolute Gasteiger partial charge is 0.339 e. The summed E-state index contributed by atoms with van der Waals surface area (Å²) in [7, 11) is 1.58. The lowest BCUT2D eigenvalue weighted by atomic mass is 10.2. The minimum atomic E-state index is -0.435. The van der Waals surface area contributed by atoms with Gasteiger partial charge in [0.25, 0.3) is 0 Å². The molecule has 1 aromatic heterocycles. The maximum absolute atomic E-state index is 11.4. The first-order valence-electron chi connectivity index (χ1n) is 5.69. The van der Waals surface area contributed by atoms with E-state index in [1.165, 1.54) is 6.07 Å². The molecule has 1 aromatic carbocycles. The van der Waals surface area contributed by atoms with Crippen molar-refractivity contribution in [3.8, 4) is 11.5 Å². The molecule has 5 heteroatoms. The minimum Gasteiger partial charge on any atom is -0.497 e. The van der Waals surface area contributed by atoms with Gasteiger partial charge in [0.2, 0.25) is 0 Å². The van der Waals surface area contributed by atoms with E-state index in [2.05, 4.69) is 0 Å². The lowest BCUT2D eigenvalue weighted by molar-refractivity contribution is 0.314. The molecule has 0 bridgehead atoms. The first kappa shape index (κ1) is 12.4. The van der Waals surface area contributed by atoms with Crippen molar-refractivity contribution in [1.82, 2.24) is 0 Å². The molecule has 0 atom stereocenters. The SMILES string of the molecule is COc1ccc2oc(=O)cc(OCCCN)c2c1. The van der Waals surface area contributed by atoms with Gasteiger partial charge >= 0.3 is 5.63 Å². The molecular formula is C13H15NO4. The molecule has 0 aliphatic rings. The van der Waals surface area contributed by atoms with Crippen molar-refractivity contribution in [3.63, 3.8) is 0 Å². The molecule has 2 N–H and O–H groups in total. The zero-order valence-corrected chi connectivity index (χ0v) is 10.1. The molecule has 18 heavy (non-hydrogen) atoms. The fourth-order valence-electron chi connectivity index (χ4n) is 1.63. The molecule has 0 radical (unpaired) electrons. The summed E-state index contributed by atoms with van der Waals surface area (Å²) in [6, 6.07) is 6.52. The van der Waals surface area contributed by atoms with Gasteiger partial charge in [-0.3, -0.25) is 0 Å². The molecule has 0 fully saturated rings. The van der Waals surface area contributed by atoms with E-state index in [0.717, 1.165) is 6.42 Å². The van der Waals surface area contributed by atoms with E-state index in [1.54, 1.807) is 25.3 Å². The quantitative estimate of drug-likeness (QED) is 0.642. The second-order valence-corrected chi connectivity index (χ2v) is 3.78. The van der Waals surface area contributed by atoms with Crippen LogP contribution in [0.25, 0.3) is 11.0 Å². The lowest BCUT2D eigenvalue weighted by Gasteiger charge is -2.08. The van der Waals surface area contributed by atoms with Crippen molar-refractivity contribution in [2.75, 3.05) is 20.3 Å². The number of hydrogen-bond acceptors (Lipinski definition) is 5. The molecule has 0 saturated carbocycles. The Kier molecular flexibility index (Phi) is 3.84. The molecule has 5 nitrogen and oxygen atoms in total. The van der Waals surface area contributed by atoms with Crippen LogP contribution in [0.3, 0.4) is 0 Å². The fraction of sp³-hybridized carbons (Fsp3) is 0.308. The Bertz CT molecular complexity index is 591. The Morgan fingerprint density at radius 3 is 2.89 bits per heavy atom. The molecule has 0 amide bonds. The van der Waals surface area contributed by atoms with Crippen molar-refractivity contribution in [2.45, 2.75) is 6.42 Å². The minimum absolute atomic E-state index is 0.435. The first-order chi connectivity index (χ1) is 8.74. The Hall–Kier alpha value is -2.01. The van der Waals surface area contributed by atoms with E-state index >= 15 is 0 Å². The van der Waals surface area contributed by atoms with Crippen LogP contribution in [-0.4, -0.2) is 20.3 Å². The topological polar surface area (TPSA) is 74.7 Å². The third kappa shape index (κ3) is 2.62. The first-order valence-corrected chi connectivity index (χ1v) is 5.69. The Balaban J connectivity index is 2.44. The number of hydrogen-bond donors (Lipinski definition) is 1. The standard InChI is InChI=1S/C13H15NO4/c1-16-9-3-4-11-10(7-9)12(8-13(15)18-11)17-6-2-5-14/h3-4,7-8H,2,5-6,14H2,1H3. The number of ether oxygens (including phenoxy) is 2. The molecule has 0 saturated heterocycles. The van der Waals surface area contributed by atoms with Crippen molar-refractivity contribution in [1.29, 1.82) is 0 Å². The zero-order chi connectivity index (χ0) is 13.0. The number of nitrogens with two attached hydrogens (primary N) is 1. The molecule has 1 heterocycles. The van der Waals surface area contributed by atoms with Gasteiger partial charge in [0, 0.05) is 0 Å².